The van der Waals surface area contributed by atoms with Crippen LogP contribution in [0, 0.1) is 0 Å². The molecular formula is C15H26N2S. The van der Waals surface area contributed by atoms with E-state index in [1.165, 1.54) is 37.9 Å². The predicted molar refractivity (Wildman–Crippen MR) is 80.4 cm³/mol. The molecule has 2 rings (SSSR count). The molecule has 2 heterocycles. The maximum atomic E-state index is 3.69. The molecule has 1 aliphatic rings. The summed E-state index contributed by atoms with van der Waals surface area (Å²) in [7, 11) is 0. The molecule has 1 saturated heterocycles. The van der Waals surface area contributed by atoms with Crippen molar-refractivity contribution in [3.63, 3.8) is 0 Å². The second-order valence-corrected chi connectivity index (χ2v) is 6.79. The first-order valence-electron chi connectivity index (χ1n) is 7.11. The van der Waals surface area contributed by atoms with Gasteiger partial charge in [-0.15, -0.1) is 0 Å². The van der Waals surface area contributed by atoms with E-state index < -0.39 is 0 Å². The lowest BCUT2D eigenvalue weighted by molar-refractivity contribution is 0.0650. The first-order valence-corrected chi connectivity index (χ1v) is 8.05. The fourth-order valence-corrected chi connectivity index (χ4v) is 3.42. The molecule has 18 heavy (non-hydrogen) atoms. The minimum atomic E-state index is 0.292. The highest BCUT2D eigenvalue weighted by Gasteiger charge is 2.32. The Balaban J connectivity index is 1.90. The minimum absolute atomic E-state index is 0.292. The summed E-state index contributed by atoms with van der Waals surface area (Å²) in [6, 6.07) is 2.94. The zero-order valence-corrected chi connectivity index (χ0v) is 12.7. The lowest BCUT2D eigenvalue weighted by atomic mass is 9.95. The molecule has 0 bridgehead atoms. The Labute approximate surface area is 115 Å². The molecular weight excluding hydrogens is 240 g/mol. The quantitative estimate of drug-likeness (QED) is 0.881. The van der Waals surface area contributed by atoms with Crippen molar-refractivity contribution in [3.05, 3.63) is 22.4 Å². The van der Waals surface area contributed by atoms with Crippen molar-refractivity contribution in [1.82, 2.24) is 10.2 Å². The molecule has 0 aliphatic carbocycles. The second kappa shape index (κ2) is 6.18. The minimum Gasteiger partial charge on any atom is -0.311 e. The van der Waals surface area contributed by atoms with Gasteiger partial charge in [-0.2, -0.15) is 11.3 Å². The van der Waals surface area contributed by atoms with Crippen LogP contribution in [0.15, 0.2) is 16.8 Å². The highest BCUT2D eigenvalue weighted by Crippen LogP contribution is 2.21. The van der Waals surface area contributed by atoms with E-state index in [2.05, 4.69) is 47.8 Å². The molecule has 1 N–H and O–H groups in total. The molecule has 0 radical (unpaired) electrons. The second-order valence-electron chi connectivity index (χ2n) is 6.01. The number of rotatable bonds is 5. The van der Waals surface area contributed by atoms with Crippen LogP contribution in [-0.4, -0.2) is 36.1 Å². The standard InChI is InChI=1S/C15H26N2S/c1-4-5-14-10-17(15(2,3)12-16-14)8-6-13-7-9-18-11-13/h7,9,11,14,16H,4-6,8,10,12H2,1-3H3. The van der Waals surface area contributed by atoms with Crippen LogP contribution in [0.5, 0.6) is 0 Å². The van der Waals surface area contributed by atoms with E-state index in [0.717, 1.165) is 6.54 Å². The monoisotopic (exact) mass is 266 g/mol. The molecule has 0 aromatic carbocycles. The first kappa shape index (κ1) is 14.0. The van der Waals surface area contributed by atoms with Crippen LogP contribution in [0.4, 0.5) is 0 Å². The summed E-state index contributed by atoms with van der Waals surface area (Å²) in [5.74, 6) is 0. The first-order chi connectivity index (χ1) is 8.62. The Morgan fingerprint density at radius 2 is 2.33 bits per heavy atom. The largest absolute Gasteiger partial charge is 0.311 e. The molecule has 102 valence electrons. The zero-order valence-electron chi connectivity index (χ0n) is 11.9. The summed E-state index contributed by atoms with van der Waals surface area (Å²) in [6.45, 7) is 10.5. The van der Waals surface area contributed by atoms with Crippen LogP contribution in [0.3, 0.4) is 0 Å². The fourth-order valence-electron chi connectivity index (χ4n) is 2.72. The van der Waals surface area contributed by atoms with Crippen molar-refractivity contribution < 1.29 is 0 Å². The van der Waals surface area contributed by atoms with Crippen LogP contribution < -0.4 is 5.32 Å². The van der Waals surface area contributed by atoms with E-state index in [0.29, 0.717) is 11.6 Å². The van der Waals surface area contributed by atoms with E-state index >= 15 is 0 Å². The lowest BCUT2D eigenvalue weighted by Crippen LogP contribution is -2.62. The van der Waals surface area contributed by atoms with E-state index in [-0.39, 0.29) is 0 Å². The Kier molecular flexibility index (Phi) is 4.82. The highest BCUT2D eigenvalue weighted by atomic mass is 32.1. The van der Waals surface area contributed by atoms with E-state index in [9.17, 15) is 0 Å². The molecule has 0 amide bonds. The van der Waals surface area contributed by atoms with Gasteiger partial charge in [-0.05, 0) is 49.1 Å². The Hall–Kier alpha value is -0.380. The van der Waals surface area contributed by atoms with Crippen molar-refractivity contribution in [3.8, 4) is 0 Å². The third kappa shape index (κ3) is 3.56. The van der Waals surface area contributed by atoms with Gasteiger partial charge >= 0.3 is 0 Å². The van der Waals surface area contributed by atoms with Gasteiger partial charge in [-0.25, -0.2) is 0 Å². The molecule has 1 aromatic heterocycles. The topological polar surface area (TPSA) is 15.3 Å². The van der Waals surface area contributed by atoms with Gasteiger partial charge in [0.1, 0.15) is 0 Å². The van der Waals surface area contributed by atoms with Crippen LogP contribution in [0.1, 0.15) is 39.2 Å². The average molecular weight is 266 g/mol. The van der Waals surface area contributed by atoms with Gasteiger partial charge in [-0.3, -0.25) is 4.90 Å². The van der Waals surface area contributed by atoms with Crippen molar-refractivity contribution in [2.45, 2.75) is 51.6 Å². The number of hydrogen-bond acceptors (Lipinski definition) is 3. The van der Waals surface area contributed by atoms with Crippen molar-refractivity contribution in [2.75, 3.05) is 19.6 Å². The van der Waals surface area contributed by atoms with Crippen LogP contribution >= 0.6 is 11.3 Å². The summed E-state index contributed by atoms with van der Waals surface area (Å²) in [6.07, 6.45) is 3.76. The number of hydrogen-bond donors (Lipinski definition) is 1. The SMILES string of the molecule is CCCC1CN(CCc2ccsc2)C(C)(C)CN1. The predicted octanol–water partition coefficient (Wildman–Crippen LogP) is 3.14. The summed E-state index contributed by atoms with van der Waals surface area (Å²) in [5, 5.41) is 8.15. The van der Waals surface area contributed by atoms with Gasteiger partial charge in [0.15, 0.2) is 0 Å². The molecule has 2 nitrogen and oxygen atoms in total. The summed E-state index contributed by atoms with van der Waals surface area (Å²) in [5.41, 5.74) is 1.78. The van der Waals surface area contributed by atoms with Gasteiger partial charge in [-0.1, -0.05) is 13.3 Å². The third-order valence-electron chi connectivity index (χ3n) is 4.01. The Bertz CT molecular complexity index is 345. The summed E-state index contributed by atoms with van der Waals surface area (Å²) in [4.78, 5) is 2.67. The molecule has 1 aliphatic heterocycles. The van der Waals surface area contributed by atoms with Crippen LogP contribution in [0.25, 0.3) is 0 Å². The van der Waals surface area contributed by atoms with Crippen LogP contribution in [-0.2, 0) is 6.42 Å². The van der Waals surface area contributed by atoms with E-state index in [1.807, 2.05) is 0 Å². The summed E-state index contributed by atoms with van der Waals surface area (Å²) < 4.78 is 0. The van der Waals surface area contributed by atoms with Gasteiger partial charge in [0.2, 0.25) is 0 Å². The fraction of sp³-hybridized carbons (Fsp3) is 0.733. The van der Waals surface area contributed by atoms with Crippen LogP contribution in [0.2, 0.25) is 0 Å². The molecule has 1 unspecified atom stereocenters. The lowest BCUT2D eigenvalue weighted by Gasteiger charge is -2.46. The number of thiophene rings is 1. The maximum Gasteiger partial charge on any atom is 0.0278 e. The zero-order chi connectivity index (χ0) is 13.0. The highest BCUT2D eigenvalue weighted by molar-refractivity contribution is 7.07. The Morgan fingerprint density at radius 1 is 1.50 bits per heavy atom. The van der Waals surface area contributed by atoms with E-state index in [1.54, 1.807) is 11.3 Å². The van der Waals surface area contributed by atoms with Crippen molar-refractivity contribution in [2.24, 2.45) is 0 Å². The Morgan fingerprint density at radius 3 is 3.00 bits per heavy atom. The van der Waals surface area contributed by atoms with Gasteiger partial charge < -0.3 is 5.32 Å². The van der Waals surface area contributed by atoms with Crippen molar-refractivity contribution in [1.29, 1.82) is 0 Å². The maximum absolute atomic E-state index is 3.69. The third-order valence-corrected chi connectivity index (χ3v) is 4.74. The van der Waals surface area contributed by atoms with E-state index in [4.69, 9.17) is 0 Å². The molecule has 0 saturated carbocycles. The molecule has 1 atom stereocenters. The van der Waals surface area contributed by atoms with Crippen molar-refractivity contribution >= 4 is 11.3 Å². The smallest absolute Gasteiger partial charge is 0.0278 e. The molecule has 1 aromatic rings. The average Bonchev–Trinajstić information content (AvgIpc) is 2.83. The number of nitrogens with zero attached hydrogens (tertiary/aromatic N) is 1. The van der Waals surface area contributed by atoms with Gasteiger partial charge in [0.05, 0.1) is 0 Å². The van der Waals surface area contributed by atoms with Gasteiger partial charge in [0.25, 0.3) is 0 Å². The number of nitrogens with one attached hydrogen (secondary N) is 1. The summed E-state index contributed by atoms with van der Waals surface area (Å²) >= 11 is 1.80. The molecule has 0 spiro atoms. The molecule has 1 fully saturated rings. The normalized spacial score (nSPS) is 24.3. The number of piperazine rings is 1. The van der Waals surface area contributed by atoms with Gasteiger partial charge in [0, 0.05) is 31.2 Å². The molecule has 3 heteroatoms.